The number of methoxy groups -OCH3 is 1. The van der Waals surface area contributed by atoms with E-state index < -0.39 is 17.5 Å². The van der Waals surface area contributed by atoms with Crippen molar-refractivity contribution < 1.29 is 18.8 Å². The lowest BCUT2D eigenvalue weighted by atomic mass is 9.92. The molecule has 0 spiro atoms. The van der Waals surface area contributed by atoms with Gasteiger partial charge in [0, 0.05) is 10.6 Å². The van der Waals surface area contributed by atoms with E-state index in [-0.39, 0.29) is 12.4 Å². The molecule has 2 heterocycles. The van der Waals surface area contributed by atoms with E-state index in [4.69, 9.17) is 20.9 Å². The Morgan fingerprint density at radius 1 is 1.14 bits per heavy atom. The lowest BCUT2D eigenvalue weighted by Crippen LogP contribution is -2.40. The molecule has 1 aliphatic rings. The van der Waals surface area contributed by atoms with Gasteiger partial charge in [-0.3, -0.25) is 9.69 Å². The number of carbonyl (C=O) groups excluding carboxylic acids is 2. The van der Waals surface area contributed by atoms with Gasteiger partial charge >= 0.3 is 6.03 Å². The number of nitrogens with one attached hydrogen (secondary N) is 1. The minimum absolute atomic E-state index is 0.128. The van der Waals surface area contributed by atoms with Crippen molar-refractivity contribution in [2.75, 3.05) is 7.11 Å². The van der Waals surface area contributed by atoms with Crippen LogP contribution in [0.4, 0.5) is 4.79 Å². The second-order valence-electron chi connectivity index (χ2n) is 6.69. The maximum absolute atomic E-state index is 13.0. The first-order valence-corrected chi connectivity index (χ1v) is 9.15. The highest BCUT2D eigenvalue weighted by Gasteiger charge is 2.49. The van der Waals surface area contributed by atoms with Crippen LogP contribution < -0.4 is 10.1 Å². The van der Waals surface area contributed by atoms with Crippen molar-refractivity contribution in [3.05, 3.63) is 65.0 Å². The Balaban J connectivity index is 1.54. The van der Waals surface area contributed by atoms with E-state index in [1.807, 2.05) is 0 Å². The Labute approximate surface area is 171 Å². The number of nitrogens with zero attached hydrogens (tertiary/aromatic N) is 3. The molecule has 0 bridgehead atoms. The van der Waals surface area contributed by atoms with Crippen LogP contribution in [0.25, 0.3) is 11.4 Å². The Morgan fingerprint density at radius 3 is 2.48 bits per heavy atom. The van der Waals surface area contributed by atoms with Crippen molar-refractivity contribution in [1.29, 1.82) is 0 Å². The first kappa shape index (κ1) is 18.9. The van der Waals surface area contributed by atoms with Crippen LogP contribution in [0.15, 0.2) is 53.1 Å². The van der Waals surface area contributed by atoms with Crippen molar-refractivity contribution >= 4 is 23.5 Å². The molecule has 0 saturated carbocycles. The summed E-state index contributed by atoms with van der Waals surface area (Å²) in [6.45, 7) is 1.52. The largest absolute Gasteiger partial charge is 0.497 e. The van der Waals surface area contributed by atoms with Crippen LogP contribution in [0.3, 0.4) is 0 Å². The number of hydrogen-bond donors (Lipinski definition) is 1. The number of imide groups is 1. The number of carbonyl (C=O) groups is 2. The molecule has 1 unspecified atom stereocenters. The lowest BCUT2D eigenvalue weighted by Gasteiger charge is -2.22. The molecule has 1 saturated heterocycles. The lowest BCUT2D eigenvalue weighted by molar-refractivity contribution is -0.131. The molecule has 29 heavy (non-hydrogen) atoms. The summed E-state index contributed by atoms with van der Waals surface area (Å²) in [6, 6.07) is 13.4. The van der Waals surface area contributed by atoms with E-state index in [1.165, 1.54) is 0 Å². The molecule has 1 atom stereocenters. The molecular weight excluding hydrogens is 396 g/mol. The Bertz CT molecular complexity index is 1060. The minimum atomic E-state index is -1.19. The van der Waals surface area contributed by atoms with Crippen LogP contribution in [-0.4, -0.2) is 34.1 Å². The highest BCUT2D eigenvalue weighted by Crippen LogP contribution is 2.30. The van der Waals surface area contributed by atoms with E-state index in [9.17, 15) is 9.59 Å². The first-order valence-electron chi connectivity index (χ1n) is 8.78. The quantitative estimate of drug-likeness (QED) is 0.645. The van der Waals surface area contributed by atoms with Gasteiger partial charge in [-0.1, -0.05) is 28.9 Å². The number of amides is 3. The standard InChI is InChI=1S/C20H17ClN4O4/c1-20(13-5-7-14(21)8-6-13)18(26)25(19(27)23-20)11-16-22-17(24-29-16)12-3-9-15(28-2)10-4-12/h3-10H,11H2,1-2H3,(H,23,27). The number of benzene rings is 2. The molecule has 1 aromatic heterocycles. The van der Waals surface area contributed by atoms with Crippen LogP contribution in [0.2, 0.25) is 5.02 Å². The van der Waals surface area contributed by atoms with Crippen LogP contribution in [0.1, 0.15) is 18.4 Å². The second kappa shape index (κ2) is 7.21. The molecule has 148 valence electrons. The van der Waals surface area contributed by atoms with Gasteiger partial charge in [0.1, 0.15) is 17.8 Å². The average molecular weight is 413 g/mol. The third kappa shape index (κ3) is 3.42. The number of rotatable bonds is 5. The van der Waals surface area contributed by atoms with Gasteiger partial charge in [-0.05, 0) is 48.9 Å². The Hall–Kier alpha value is -3.39. The predicted octanol–water partition coefficient (Wildman–Crippen LogP) is 3.37. The SMILES string of the molecule is COc1ccc(-c2noc(CN3C(=O)NC(C)(c4ccc(Cl)cc4)C3=O)n2)cc1. The minimum Gasteiger partial charge on any atom is -0.497 e. The zero-order chi connectivity index (χ0) is 20.6. The van der Waals surface area contributed by atoms with Crippen LogP contribution in [0.5, 0.6) is 5.75 Å². The van der Waals surface area contributed by atoms with E-state index in [0.717, 1.165) is 10.5 Å². The molecule has 2 aromatic carbocycles. The number of hydrogen-bond acceptors (Lipinski definition) is 6. The molecule has 4 rings (SSSR count). The highest BCUT2D eigenvalue weighted by atomic mass is 35.5. The van der Waals surface area contributed by atoms with Gasteiger partial charge in [0.25, 0.3) is 5.91 Å². The molecule has 0 aliphatic carbocycles. The molecule has 8 nitrogen and oxygen atoms in total. The maximum atomic E-state index is 13.0. The second-order valence-corrected chi connectivity index (χ2v) is 7.13. The third-order valence-electron chi connectivity index (χ3n) is 4.81. The van der Waals surface area contributed by atoms with Gasteiger partial charge in [-0.15, -0.1) is 0 Å². The highest BCUT2D eigenvalue weighted by molar-refractivity contribution is 6.30. The topological polar surface area (TPSA) is 97.6 Å². The molecule has 1 N–H and O–H groups in total. The fourth-order valence-corrected chi connectivity index (χ4v) is 3.26. The summed E-state index contributed by atoms with van der Waals surface area (Å²) in [5.41, 5.74) is 0.164. The van der Waals surface area contributed by atoms with E-state index in [2.05, 4.69) is 15.5 Å². The monoisotopic (exact) mass is 412 g/mol. The van der Waals surface area contributed by atoms with Gasteiger partial charge in [-0.2, -0.15) is 4.98 Å². The Kier molecular flexibility index (Phi) is 4.71. The smallest absolute Gasteiger partial charge is 0.325 e. The molecule has 1 fully saturated rings. The zero-order valence-electron chi connectivity index (χ0n) is 15.7. The van der Waals surface area contributed by atoms with Crippen molar-refractivity contribution in [2.45, 2.75) is 19.0 Å². The summed E-state index contributed by atoms with van der Waals surface area (Å²) < 4.78 is 10.4. The average Bonchev–Trinajstić information content (AvgIpc) is 3.28. The zero-order valence-corrected chi connectivity index (χ0v) is 16.4. The van der Waals surface area contributed by atoms with Gasteiger partial charge in [0.2, 0.25) is 11.7 Å². The molecule has 0 radical (unpaired) electrons. The van der Waals surface area contributed by atoms with E-state index in [1.54, 1.807) is 62.6 Å². The summed E-state index contributed by atoms with van der Waals surface area (Å²) in [6.07, 6.45) is 0. The van der Waals surface area contributed by atoms with Gasteiger partial charge in [0.15, 0.2) is 0 Å². The van der Waals surface area contributed by atoms with Crippen LogP contribution in [-0.2, 0) is 16.9 Å². The summed E-state index contributed by atoms with van der Waals surface area (Å²) in [5, 5.41) is 7.20. The van der Waals surface area contributed by atoms with Crippen LogP contribution >= 0.6 is 11.6 Å². The summed E-state index contributed by atoms with van der Waals surface area (Å²) in [5.74, 6) is 0.808. The number of urea groups is 1. The maximum Gasteiger partial charge on any atom is 0.325 e. The van der Waals surface area contributed by atoms with E-state index >= 15 is 0 Å². The molecule has 3 aromatic rings. The van der Waals surface area contributed by atoms with Crippen molar-refractivity contribution in [1.82, 2.24) is 20.4 Å². The van der Waals surface area contributed by atoms with Crippen molar-refractivity contribution in [3.8, 4) is 17.1 Å². The summed E-state index contributed by atoms with van der Waals surface area (Å²) in [7, 11) is 1.58. The number of ether oxygens (including phenoxy) is 1. The van der Waals surface area contributed by atoms with Crippen LogP contribution in [0, 0.1) is 0 Å². The predicted molar refractivity (Wildman–Crippen MR) is 104 cm³/mol. The fourth-order valence-electron chi connectivity index (χ4n) is 3.13. The van der Waals surface area contributed by atoms with Gasteiger partial charge in [0.05, 0.1) is 7.11 Å². The number of halogens is 1. The Morgan fingerprint density at radius 2 is 1.83 bits per heavy atom. The normalized spacial score (nSPS) is 18.8. The number of aromatic nitrogens is 2. The fraction of sp³-hybridized carbons (Fsp3) is 0.200. The first-order chi connectivity index (χ1) is 13.9. The molecule has 1 aliphatic heterocycles. The molecular formula is C20H17ClN4O4. The van der Waals surface area contributed by atoms with Gasteiger partial charge < -0.3 is 14.6 Å². The van der Waals surface area contributed by atoms with Crippen molar-refractivity contribution in [2.24, 2.45) is 0 Å². The van der Waals surface area contributed by atoms with Crippen molar-refractivity contribution in [3.63, 3.8) is 0 Å². The third-order valence-corrected chi connectivity index (χ3v) is 5.06. The van der Waals surface area contributed by atoms with E-state index in [0.29, 0.717) is 22.2 Å². The van der Waals surface area contributed by atoms with Gasteiger partial charge in [-0.25, -0.2) is 4.79 Å². The summed E-state index contributed by atoms with van der Waals surface area (Å²) >= 11 is 5.92. The molecule has 9 heteroatoms. The summed E-state index contributed by atoms with van der Waals surface area (Å²) in [4.78, 5) is 30.8. The molecule has 3 amide bonds.